The first kappa shape index (κ1) is 13.6. The summed E-state index contributed by atoms with van der Waals surface area (Å²) >= 11 is 0. The summed E-state index contributed by atoms with van der Waals surface area (Å²) in [5.74, 6) is 0.766. The Morgan fingerprint density at radius 2 is 1.81 bits per heavy atom. The van der Waals surface area contributed by atoms with E-state index in [0.717, 1.165) is 39.2 Å². The van der Waals surface area contributed by atoms with Gasteiger partial charge in [0.05, 0.1) is 5.36 Å². The molecule has 1 aromatic rings. The summed E-state index contributed by atoms with van der Waals surface area (Å²) in [5.41, 5.74) is 5.97. The molecule has 0 fully saturated rings. The van der Waals surface area contributed by atoms with Crippen LogP contribution in [0.25, 0.3) is 22.6 Å². The fraction of sp³-hybridized carbons (Fsp3) is 0.294. The first-order valence-electron chi connectivity index (χ1n) is 6.95. The molecule has 1 aromatic carbocycles. The van der Waals surface area contributed by atoms with Crippen molar-refractivity contribution in [2.45, 2.75) is 13.8 Å². The molecule has 4 nitrogen and oxygen atoms in total. The number of aryl methyl sites for hydroxylation is 2. The molecular formula is C17H19N3O. The normalized spacial score (nSPS) is 12.3. The lowest BCUT2D eigenvalue weighted by atomic mass is 10.1. The highest BCUT2D eigenvalue weighted by Gasteiger charge is 2.12. The Kier molecular flexibility index (Phi) is 3.16. The van der Waals surface area contributed by atoms with E-state index < -0.39 is 0 Å². The van der Waals surface area contributed by atoms with Crippen molar-refractivity contribution in [3.8, 4) is 11.5 Å². The van der Waals surface area contributed by atoms with E-state index in [0.29, 0.717) is 0 Å². The molecule has 0 bridgehead atoms. The molecule has 108 valence electrons. The topological polar surface area (TPSA) is 41.6 Å². The van der Waals surface area contributed by atoms with Gasteiger partial charge in [-0.1, -0.05) is 0 Å². The SMILES string of the molecule is CN=c1cc2oc3cc(N(C)C)c(C)cc3nc-2cc1C. The number of anilines is 1. The number of aromatic nitrogens is 1. The minimum absolute atomic E-state index is 0.766. The van der Waals surface area contributed by atoms with Gasteiger partial charge in [0.15, 0.2) is 11.3 Å². The van der Waals surface area contributed by atoms with Gasteiger partial charge in [-0.3, -0.25) is 4.99 Å². The van der Waals surface area contributed by atoms with Crippen molar-refractivity contribution < 1.29 is 4.42 Å². The molecule has 2 aliphatic rings. The van der Waals surface area contributed by atoms with E-state index in [9.17, 15) is 0 Å². The third-order valence-electron chi connectivity index (χ3n) is 3.74. The van der Waals surface area contributed by atoms with Gasteiger partial charge in [-0.15, -0.1) is 0 Å². The Balaban J connectivity index is 2.37. The van der Waals surface area contributed by atoms with Gasteiger partial charge in [0, 0.05) is 39.0 Å². The van der Waals surface area contributed by atoms with Crippen LogP contribution in [0.15, 0.2) is 33.7 Å². The summed E-state index contributed by atoms with van der Waals surface area (Å²) in [6.45, 7) is 4.12. The van der Waals surface area contributed by atoms with Gasteiger partial charge in [0.2, 0.25) is 0 Å². The first-order chi connectivity index (χ1) is 9.99. The third-order valence-corrected chi connectivity index (χ3v) is 3.74. The summed E-state index contributed by atoms with van der Waals surface area (Å²) in [6.07, 6.45) is 0. The number of hydrogen-bond donors (Lipinski definition) is 0. The van der Waals surface area contributed by atoms with E-state index >= 15 is 0 Å². The molecule has 21 heavy (non-hydrogen) atoms. The molecular weight excluding hydrogens is 262 g/mol. The second-order valence-corrected chi connectivity index (χ2v) is 5.54. The Labute approximate surface area is 124 Å². The number of benzene rings is 2. The molecule has 0 radical (unpaired) electrons. The molecule has 0 saturated carbocycles. The van der Waals surface area contributed by atoms with Crippen molar-refractivity contribution in [2.24, 2.45) is 4.99 Å². The fourth-order valence-electron chi connectivity index (χ4n) is 2.63. The van der Waals surface area contributed by atoms with Gasteiger partial charge >= 0.3 is 0 Å². The van der Waals surface area contributed by atoms with Gasteiger partial charge in [0.1, 0.15) is 11.2 Å². The minimum atomic E-state index is 0.766. The second-order valence-electron chi connectivity index (χ2n) is 5.54. The number of fused-ring (bicyclic) bond motifs is 2. The van der Waals surface area contributed by atoms with E-state index in [2.05, 4.69) is 22.9 Å². The van der Waals surface area contributed by atoms with E-state index in [-0.39, 0.29) is 0 Å². The maximum absolute atomic E-state index is 6.04. The van der Waals surface area contributed by atoms with Crippen LogP contribution in [-0.4, -0.2) is 26.1 Å². The largest absolute Gasteiger partial charge is 0.453 e. The Morgan fingerprint density at radius 3 is 2.48 bits per heavy atom. The highest BCUT2D eigenvalue weighted by atomic mass is 16.3. The third kappa shape index (κ3) is 2.27. The van der Waals surface area contributed by atoms with Crippen LogP contribution in [0.1, 0.15) is 11.1 Å². The lowest BCUT2D eigenvalue weighted by molar-refractivity contribution is 0.611. The van der Waals surface area contributed by atoms with E-state index in [1.807, 2.05) is 39.2 Å². The molecule has 1 aliphatic heterocycles. The van der Waals surface area contributed by atoms with E-state index in [4.69, 9.17) is 9.40 Å². The molecule has 3 rings (SSSR count). The smallest absolute Gasteiger partial charge is 0.155 e. The zero-order valence-electron chi connectivity index (χ0n) is 13.1. The fourth-order valence-corrected chi connectivity index (χ4v) is 2.63. The van der Waals surface area contributed by atoms with Gasteiger partial charge in [0.25, 0.3) is 0 Å². The number of nitrogens with zero attached hydrogens (tertiary/aromatic N) is 3. The average Bonchev–Trinajstić information content (AvgIpc) is 2.43. The summed E-state index contributed by atoms with van der Waals surface area (Å²) < 4.78 is 6.04. The van der Waals surface area contributed by atoms with Crippen LogP contribution in [0.3, 0.4) is 0 Å². The van der Waals surface area contributed by atoms with Crippen molar-refractivity contribution >= 4 is 16.8 Å². The van der Waals surface area contributed by atoms with Crippen LogP contribution in [0.2, 0.25) is 0 Å². The standard InChI is InChI=1S/C17H19N3O/c1-10-6-13-16(8-12(10)18-3)21-17-9-15(20(4)5)11(2)7-14(17)19-13/h6-9H,1-5H3. The van der Waals surface area contributed by atoms with Crippen LogP contribution in [-0.2, 0) is 0 Å². The van der Waals surface area contributed by atoms with Crippen LogP contribution in [0.4, 0.5) is 5.69 Å². The molecule has 4 heteroatoms. The maximum atomic E-state index is 6.04. The van der Waals surface area contributed by atoms with Gasteiger partial charge in [-0.2, -0.15) is 0 Å². The zero-order chi connectivity index (χ0) is 15.1. The second kappa shape index (κ2) is 4.88. The lowest BCUT2D eigenvalue weighted by Gasteiger charge is -2.16. The van der Waals surface area contributed by atoms with Gasteiger partial charge in [-0.25, -0.2) is 4.98 Å². The van der Waals surface area contributed by atoms with Crippen molar-refractivity contribution in [1.82, 2.24) is 4.98 Å². The maximum Gasteiger partial charge on any atom is 0.155 e. The summed E-state index contributed by atoms with van der Waals surface area (Å²) in [5, 5.41) is 0.937. The molecule has 0 saturated heterocycles. The summed E-state index contributed by atoms with van der Waals surface area (Å²) in [6, 6.07) is 8.09. The number of rotatable bonds is 1. The molecule has 0 atom stereocenters. The molecule has 1 aliphatic carbocycles. The van der Waals surface area contributed by atoms with Crippen molar-refractivity contribution in [1.29, 1.82) is 0 Å². The van der Waals surface area contributed by atoms with Crippen molar-refractivity contribution in [3.05, 3.63) is 40.7 Å². The monoisotopic (exact) mass is 281 g/mol. The molecule has 0 N–H and O–H groups in total. The minimum Gasteiger partial charge on any atom is -0.453 e. The molecule has 0 amide bonds. The average molecular weight is 281 g/mol. The van der Waals surface area contributed by atoms with Crippen LogP contribution < -0.4 is 10.3 Å². The van der Waals surface area contributed by atoms with Gasteiger partial charge in [-0.05, 0) is 37.1 Å². The Hall–Kier alpha value is -2.36. The van der Waals surface area contributed by atoms with Crippen LogP contribution in [0, 0.1) is 13.8 Å². The Morgan fingerprint density at radius 1 is 1.05 bits per heavy atom. The highest BCUT2D eigenvalue weighted by Crippen LogP contribution is 2.29. The van der Waals surface area contributed by atoms with Crippen molar-refractivity contribution in [3.63, 3.8) is 0 Å². The summed E-state index contributed by atoms with van der Waals surface area (Å²) in [7, 11) is 5.84. The Bertz CT molecular complexity index is 862. The first-order valence-corrected chi connectivity index (χ1v) is 6.95. The van der Waals surface area contributed by atoms with E-state index in [1.54, 1.807) is 7.05 Å². The highest BCUT2D eigenvalue weighted by molar-refractivity contribution is 5.82. The van der Waals surface area contributed by atoms with Crippen molar-refractivity contribution in [2.75, 3.05) is 26.0 Å². The number of hydrogen-bond acceptors (Lipinski definition) is 4. The van der Waals surface area contributed by atoms with Crippen LogP contribution in [0.5, 0.6) is 0 Å². The molecule has 0 unspecified atom stereocenters. The summed E-state index contributed by atoms with van der Waals surface area (Å²) in [4.78, 5) is 11.1. The predicted molar refractivity (Wildman–Crippen MR) is 85.9 cm³/mol. The predicted octanol–water partition coefficient (Wildman–Crippen LogP) is 3.15. The zero-order valence-corrected chi connectivity index (χ0v) is 13.1. The molecule has 1 heterocycles. The quantitative estimate of drug-likeness (QED) is 0.643. The molecule has 0 aromatic heterocycles. The van der Waals surface area contributed by atoms with E-state index in [1.165, 1.54) is 5.56 Å². The molecule has 0 spiro atoms. The van der Waals surface area contributed by atoms with Crippen LogP contribution >= 0.6 is 0 Å². The lowest BCUT2D eigenvalue weighted by Crippen LogP contribution is -2.10. The van der Waals surface area contributed by atoms with Gasteiger partial charge < -0.3 is 9.32 Å².